The summed E-state index contributed by atoms with van der Waals surface area (Å²) in [7, 11) is 1.64. The zero-order valence-corrected chi connectivity index (χ0v) is 10.0. The Morgan fingerprint density at radius 1 is 1.50 bits per heavy atom. The molecule has 0 aliphatic rings. The predicted molar refractivity (Wildman–Crippen MR) is 60.7 cm³/mol. The normalized spacial score (nSPS) is 12.6. The summed E-state index contributed by atoms with van der Waals surface area (Å²) >= 11 is 3.40. The van der Waals surface area contributed by atoms with Gasteiger partial charge in [0.15, 0.2) is 0 Å². The molecule has 0 saturated carbocycles. The van der Waals surface area contributed by atoms with Crippen LogP contribution < -0.4 is 4.74 Å². The van der Waals surface area contributed by atoms with Crippen molar-refractivity contribution in [1.29, 1.82) is 0 Å². The van der Waals surface area contributed by atoms with Gasteiger partial charge in [0.1, 0.15) is 5.75 Å². The Morgan fingerprint density at radius 2 is 2.21 bits per heavy atom. The van der Waals surface area contributed by atoms with E-state index >= 15 is 0 Å². The van der Waals surface area contributed by atoms with Crippen LogP contribution in [0.2, 0.25) is 0 Å². The molecule has 0 bridgehead atoms. The molecule has 0 spiro atoms. The van der Waals surface area contributed by atoms with Gasteiger partial charge in [-0.25, -0.2) is 0 Å². The number of methoxy groups -OCH3 is 1. The lowest BCUT2D eigenvalue weighted by Crippen LogP contribution is -2.09. The van der Waals surface area contributed by atoms with Crippen LogP contribution in [0, 0.1) is 0 Å². The highest BCUT2D eigenvalue weighted by Gasteiger charge is 2.08. The van der Waals surface area contributed by atoms with Crippen LogP contribution in [0.5, 0.6) is 5.75 Å². The van der Waals surface area contributed by atoms with Crippen LogP contribution in [0.25, 0.3) is 0 Å². The SMILES string of the molecule is CCC(O)Cc1cc(Br)ccc1OC. The summed E-state index contributed by atoms with van der Waals surface area (Å²) in [6, 6.07) is 5.82. The molecule has 0 heterocycles. The van der Waals surface area contributed by atoms with Gasteiger partial charge in [-0.05, 0) is 30.2 Å². The molecule has 0 saturated heterocycles. The van der Waals surface area contributed by atoms with E-state index in [1.165, 1.54) is 0 Å². The summed E-state index contributed by atoms with van der Waals surface area (Å²) in [6.45, 7) is 1.97. The second-order valence-corrected chi connectivity index (χ2v) is 4.14. The van der Waals surface area contributed by atoms with Crippen LogP contribution in [0.1, 0.15) is 18.9 Å². The molecular weight excluding hydrogens is 244 g/mol. The molecule has 1 atom stereocenters. The molecule has 0 amide bonds. The lowest BCUT2D eigenvalue weighted by molar-refractivity contribution is 0.169. The number of aliphatic hydroxyl groups is 1. The molecule has 78 valence electrons. The Kier molecular flexibility index (Phi) is 4.42. The number of rotatable bonds is 4. The van der Waals surface area contributed by atoms with Crippen LogP contribution in [0.4, 0.5) is 0 Å². The summed E-state index contributed by atoms with van der Waals surface area (Å²) in [5.74, 6) is 0.834. The van der Waals surface area contributed by atoms with E-state index in [1.807, 2.05) is 25.1 Å². The molecule has 14 heavy (non-hydrogen) atoms. The maximum atomic E-state index is 9.55. The minimum Gasteiger partial charge on any atom is -0.496 e. The Bertz CT molecular complexity index is 299. The van der Waals surface area contributed by atoms with E-state index in [0.29, 0.717) is 6.42 Å². The number of aliphatic hydroxyl groups excluding tert-OH is 1. The largest absolute Gasteiger partial charge is 0.496 e. The fourth-order valence-corrected chi connectivity index (χ4v) is 1.71. The zero-order valence-electron chi connectivity index (χ0n) is 8.46. The summed E-state index contributed by atoms with van der Waals surface area (Å²) in [5.41, 5.74) is 1.04. The number of hydrogen-bond acceptors (Lipinski definition) is 2. The van der Waals surface area contributed by atoms with Crippen molar-refractivity contribution >= 4 is 15.9 Å². The van der Waals surface area contributed by atoms with Gasteiger partial charge >= 0.3 is 0 Å². The first kappa shape index (κ1) is 11.5. The summed E-state index contributed by atoms with van der Waals surface area (Å²) < 4.78 is 6.22. The molecule has 0 radical (unpaired) electrons. The second kappa shape index (κ2) is 5.37. The summed E-state index contributed by atoms with van der Waals surface area (Å²) in [4.78, 5) is 0. The van der Waals surface area contributed by atoms with Crippen LogP contribution in [0.15, 0.2) is 22.7 Å². The average Bonchev–Trinajstić information content (AvgIpc) is 2.18. The molecule has 0 aromatic heterocycles. The van der Waals surface area contributed by atoms with Crippen molar-refractivity contribution in [3.05, 3.63) is 28.2 Å². The van der Waals surface area contributed by atoms with Crippen molar-refractivity contribution in [1.82, 2.24) is 0 Å². The first-order chi connectivity index (χ1) is 6.67. The van der Waals surface area contributed by atoms with E-state index in [2.05, 4.69) is 15.9 Å². The summed E-state index contributed by atoms with van der Waals surface area (Å²) in [6.07, 6.45) is 1.10. The minimum atomic E-state index is -0.293. The fraction of sp³-hybridized carbons (Fsp3) is 0.455. The van der Waals surface area contributed by atoms with Gasteiger partial charge in [-0.2, -0.15) is 0 Å². The molecule has 0 fully saturated rings. The highest BCUT2D eigenvalue weighted by atomic mass is 79.9. The zero-order chi connectivity index (χ0) is 10.6. The van der Waals surface area contributed by atoms with Crippen LogP contribution in [-0.2, 0) is 6.42 Å². The topological polar surface area (TPSA) is 29.5 Å². The Labute approximate surface area is 93.0 Å². The molecule has 2 nitrogen and oxygen atoms in total. The number of hydrogen-bond donors (Lipinski definition) is 1. The van der Waals surface area contributed by atoms with Crippen molar-refractivity contribution in [2.24, 2.45) is 0 Å². The quantitative estimate of drug-likeness (QED) is 0.900. The van der Waals surface area contributed by atoms with E-state index in [0.717, 1.165) is 22.2 Å². The predicted octanol–water partition coefficient (Wildman–Crippen LogP) is 2.77. The Balaban J connectivity index is 2.87. The number of ether oxygens (including phenoxy) is 1. The molecule has 0 aliphatic heterocycles. The first-order valence-corrected chi connectivity index (χ1v) is 5.47. The van der Waals surface area contributed by atoms with Gasteiger partial charge in [0.05, 0.1) is 13.2 Å². The summed E-state index contributed by atoms with van der Waals surface area (Å²) in [5, 5.41) is 9.55. The third-order valence-electron chi connectivity index (χ3n) is 2.17. The molecule has 3 heteroatoms. The average molecular weight is 259 g/mol. The van der Waals surface area contributed by atoms with Gasteiger partial charge in [-0.15, -0.1) is 0 Å². The lowest BCUT2D eigenvalue weighted by Gasteiger charge is -2.12. The van der Waals surface area contributed by atoms with Gasteiger partial charge < -0.3 is 9.84 Å². The Hall–Kier alpha value is -0.540. The van der Waals surface area contributed by atoms with Gasteiger partial charge in [0.25, 0.3) is 0 Å². The maximum absolute atomic E-state index is 9.55. The molecule has 0 aliphatic carbocycles. The van der Waals surface area contributed by atoms with Crippen LogP contribution in [-0.4, -0.2) is 18.3 Å². The maximum Gasteiger partial charge on any atom is 0.122 e. The van der Waals surface area contributed by atoms with Crippen molar-refractivity contribution in [2.45, 2.75) is 25.9 Å². The number of halogens is 1. The van der Waals surface area contributed by atoms with Gasteiger partial charge in [-0.1, -0.05) is 22.9 Å². The second-order valence-electron chi connectivity index (χ2n) is 3.22. The monoisotopic (exact) mass is 258 g/mol. The first-order valence-electron chi connectivity index (χ1n) is 4.67. The minimum absolute atomic E-state index is 0.293. The Morgan fingerprint density at radius 3 is 2.79 bits per heavy atom. The van der Waals surface area contributed by atoms with E-state index in [1.54, 1.807) is 7.11 Å². The molecular formula is C11H15BrO2. The third-order valence-corrected chi connectivity index (χ3v) is 2.66. The van der Waals surface area contributed by atoms with Crippen LogP contribution >= 0.6 is 15.9 Å². The molecule has 1 N–H and O–H groups in total. The smallest absolute Gasteiger partial charge is 0.122 e. The number of benzene rings is 1. The van der Waals surface area contributed by atoms with E-state index in [9.17, 15) is 5.11 Å². The third kappa shape index (κ3) is 3.00. The highest BCUT2D eigenvalue weighted by Crippen LogP contribution is 2.24. The van der Waals surface area contributed by atoms with Crippen molar-refractivity contribution in [2.75, 3.05) is 7.11 Å². The highest BCUT2D eigenvalue weighted by molar-refractivity contribution is 9.10. The standard InChI is InChI=1S/C11H15BrO2/c1-3-10(13)7-8-6-9(12)4-5-11(8)14-2/h4-6,10,13H,3,7H2,1-2H3. The molecule has 1 aromatic rings. The van der Waals surface area contributed by atoms with Gasteiger partial charge in [-0.3, -0.25) is 0 Å². The van der Waals surface area contributed by atoms with Gasteiger partial charge in [0.2, 0.25) is 0 Å². The van der Waals surface area contributed by atoms with Crippen LogP contribution in [0.3, 0.4) is 0 Å². The van der Waals surface area contributed by atoms with E-state index < -0.39 is 0 Å². The van der Waals surface area contributed by atoms with Crippen molar-refractivity contribution in [3.8, 4) is 5.75 Å². The molecule has 1 rings (SSSR count). The lowest BCUT2D eigenvalue weighted by atomic mass is 10.1. The van der Waals surface area contributed by atoms with Crippen molar-refractivity contribution in [3.63, 3.8) is 0 Å². The van der Waals surface area contributed by atoms with Crippen molar-refractivity contribution < 1.29 is 9.84 Å². The molecule has 1 unspecified atom stereocenters. The fourth-order valence-electron chi connectivity index (χ4n) is 1.30. The van der Waals surface area contributed by atoms with Gasteiger partial charge in [0, 0.05) is 10.9 Å². The van der Waals surface area contributed by atoms with E-state index in [4.69, 9.17) is 4.74 Å². The molecule has 1 aromatic carbocycles. The van der Waals surface area contributed by atoms with E-state index in [-0.39, 0.29) is 6.10 Å².